The molecule has 7 heteroatoms. The Morgan fingerprint density at radius 1 is 1.44 bits per heavy atom. The monoisotopic (exact) mass is 259 g/mol. The number of carbonyl (C=O) groups is 2. The average molecular weight is 259 g/mol. The summed E-state index contributed by atoms with van der Waals surface area (Å²) < 4.78 is 5.00. The lowest BCUT2D eigenvalue weighted by Crippen LogP contribution is -2.61. The van der Waals surface area contributed by atoms with Crippen LogP contribution >= 0.6 is 0 Å². The third-order valence-electron chi connectivity index (χ3n) is 2.92. The van der Waals surface area contributed by atoms with E-state index in [-0.39, 0.29) is 6.04 Å². The third kappa shape index (κ3) is 3.49. The van der Waals surface area contributed by atoms with Crippen LogP contribution in [0.5, 0.6) is 0 Å². The Labute approximate surface area is 106 Å². The molecule has 1 aliphatic rings. The molecule has 0 aliphatic carbocycles. The van der Waals surface area contributed by atoms with Crippen molar-refractivity contribution in [3.05, 3.63) is 0 Å². The van der Waals surface area contributed by atoms with Gasteiger partial charge in [-0.3, -0.25) is 4.90 Å². The van der Waals surface area contributed by atoms with Crippen LogP contribution in [0.1, 0.15) is 27.2 Å². The van der Waals surface area contributed by atoms with Gasteiger partial charge in [0.25, 0.3) is 0 Å². The van der Waals surface area contributed by atoms with Crippen molar-refractivity contribution in [2.24, 2.45) is 5.73 Å². The van der Waals surface area contributed by atoms with E-state index in [1.807, 2.05) is 20.8 Å². The van der Waals surface area contributed by atoms with Gasteiger partial charge in [-0.1, -0.05) is 0 Å². The molecule has 1 fully saturated rings. The SMILES string of the molecule is CC(C)(C)N(C(=O)O)[C@@H]1CCNC[C@@H]1OC(N)=O. The van der Waals surface area contributed by atoms with E-state index in [4.69, 9.17) is 10.5 Å². The minimum Gasteiger partial charge on any atom is -0.465 e. The van der Waals surface area contributed by atoms with Crippen molar-refractivity contribution in [1.82, 2.24) is 10.2 Å². The standard InChI is InChI=1S/C11H21N3O4/c1-11(2,3)14(10(16)17)7-4-5-13-6-8(7)18-9(12)15/h7-8,13H,4-6H2,1-3H3,(H2,12,15)(H,16,17)/t7-,8+/m1/s1. The maximum Gasteiger partial charge on any atom is 0.408 e. The second-order valence-electron chi connectivity index (χ2n) is 5.36. The molecule has 0 aromatic heterocycles. The topological polar surface area (TPSA) is 105 Å². The van der Waals surface area contributed by atoms with Gasteiger partial charge in [0.05, 0.1) is 6.04 Å². The predicted octanol–water partition coefficient (Wildman–Crippen LogP) is 0.591. The van der Waals surface area contributed by atoms with Crippen LogP contribution in [0, 0.1) is 0 Å². The first-order valence-electron chi connectivity index (χ1n) is 5.92. The smallest absolute Gasteiger partial charge is 0.408 e. The Morgan fingerprint density at radius 3 is 2.50 bits per heavy atom. The average Bonchev–Trinajstić information content (AvgIpc) is 2.17. The van der Waals surface area contributed by atoms with Crippen molar-refractivity contribution in [1.29, 1.82) is 0 Å². The summed E-state index contributed by atoms with van der Waals surface area (Å²) in [5.74, 6) is 0. The fraction of sp³-hybridized carbons (Fsp3) is 0.818. The highest BCUT2D eigenvalue weighted by Crippen LogP contribution is 2.24. The lowest BCUT2D eigenvalue weighted by atomic mass is 9.95. The van der Waals surface area contributed by atoms with Gasteiger partial charge in [-0.25, -0.2) is 9.59 Å². The van der Waals surface area contributed by atoms with Crippen LogP contribution in [0.3, 0.4) is 0 Å². The van der Waals surface area contributed by atoms with Crippen molar-refractivity contribution in [2.75, 3.05) is 13.1 Å². The van der Waals surface area contributed by atoms with E-state index in [1.165, 1.54) is 4.90 Å². The summed E-state index contributed by atoms with van der Waals surface area (Å²) >= 11 is 0. The zero-order valence-corrected chi connectivity index (χ0v) is 11.0. The molecule has 0 bridgehead atoms. The molecule has 18 heavy (non-hydrogen) atoms. The number of nitrogens with two attached hydrogens (primary N) is 1. The molecule has 0 radical (unpaired) electrons. The van der Waals surface area contributed by atoms with E-state index in [0.717, 1.165) is 0 Å². The zero-order chi connectivity index (χ0) is 13.9. The minimum atomic E-state index is -1.02. The maximum atomic E-state index is 11.4. The summed E-state index contributed by atoms with van der Waals surface area (Å²) in [6, 6.07) is -0.378. The van der Waals surface area contributed by atoms with Crippen LogP contribution in [0.25, 0.3) is 0 Å². The van der Waals surface area contributed by atoms with Crippen molar-refractivity contribution >= 4 is 12.2 Å². The molecule has 7 nitrogen and oxygen atoms in total. The molecular weight excluding hydrogens is 238 g/mol. The van der Waals surface area contributed by atoms with Gasteiger partial charge in [0.15, 0.2) is 0 Å². The molecule has 2 atom stereocenters. The second-order valence-corrected chi connectivity index (χ2v) is 5.36. The molecule has 2 amide bonds. The van der Waals surface area contributed by atoms with E-state index in [9.17, 15) is 14.7 Å². The molecule has 0 spiro atoms. The van der Waals surface area contributed by atoms with Crippen LogP contribution in [-0.2, 0) is 4.74 Å². The highest BCUT2D eigenvalue weighted by molar-refractivity contribution is 5.67. The lowest BCUT2D eigenvalue weighted by Gasteiger charge is -2.44. The fourth-order valence-electron chi connectivity index (χ4n) is 2.31. The van der Waals surface area contributed by atoms with Crippen molar-refractivity contribution in [3.8, 4) is 0 Å². The van der Waals surface area contributed by atoms with Gasteiger partial charge in [-0.2, -0.15) is 0 Å². The Hall–Kier alpha value is -1.50. The molecule has 1 aliphatic heterocycles. The Morgan fingerprint density at radius 2 is 2.06 bits per heavy atom. The van der Waals surface area contributed by atoms with E-state index >= 15 is 0 Å². The molecule has 0 aromatic rings. The Bertz CT molecular complexity index is 327. The first kappa shape index (κ1) is 14.6. The van der Waals surface area contributed by atoms with E-state index < -0.39 is 23.8 Å². The van der Waals surface area contributed by atoms with Gasteiger partial charge in [0.1, 0.15) is 6.10 Å². The minimum absolute atomic E-state index is 0.378. The first-order chi connectivity index (χ1) is 8.23. The number of rotatable bonds is 2. The van der Waals surface area contributed by atoms with E-state index in [1.54, 1.807) is 0 Å². The number of carboxylic acid groups (broad SMARTS) is 1. The number of ether oxygens (including phenoxy) is 1. The maximum absolute atomic E-state index is 11.4. The number of nitrogens with zero attached hydrogens (tertiary/aromatic N) is 1. The lowest BCUT2D eigenvalue weighted by molar-refractivity contribution is -0.0130. The van der Waals surface area contributed by atoms with Gasteiger partial charge >= 0.3 is 12.2 Å². The van der Waals surface area contributed by atoms with Crippen LogP contribution in [0.2, 0.25) is 0 Å². The largest absolute Gasteiger partial charge is 0.465 e. The molecule has 0 aromatic carbocycles. The van der Waals surface area contributed by atoms with Crippen LogP contribution in [0.15, 0.2) is 0 Å². The van der Waals surface area contributed by atoms with Crippen molar-refractivity contribution in [3.63, 3.8) is 0 Å². The molecule has 104 valence electrons. The fourth-order valence-corrected chi connectivity index (χ4v) is 2.31. The van der Waals surface area contributed by atoms with Gasteiger partial charge in [-0.15, -0.1) is 0 Å². The van der Waals surface area contributed by atoms with Crippen LogP contribution in [-0.4, -0.2) is 53.0 Å². The van der Waals surface area contributed by atoms with Crippen molar-refractivity contribution in [2.45, 2.75) is 44.9 Å². The normalized spacial score (nSPS) is 24.4. The number of primary amides is 1. The number of hydrogen-bond acceptors (Lipinski definition) is 4. The Kier molecular flexibility index (Phi) is 4.39. The summed E-state index contributed by atoms with van der Waals surface area (Å²) in [7, 11) is 0. The number of amides is 2. The summed E-state index contributed by atoms with van der Waals surface area (Å²) in [5, 5.41) is 12.4. The zero-order valence-electron chi connectivity index (χ0n) is 11.0. The molecule has 0 unspecified atom stereocenters. The number of nitrogens with one attached hydrogen (secondary N) is 1. The molecule has 1 rings (SSSR count). The van der Waals surface area contributed by atoms with Gasteiger partial charge in [0.2, 0.25) is 0 Å². The third-order valence-corrected chi connectivity index (χ3v) is 2.92. The molecule has 4 N–H and O–H groups in total. The number of hydrogen-bond donors (Lipinski definition) is 3. The summed E-state index contributed by atoms with van der Waals surface area (Å²) in [6.07, 6.45) is -1.87. The number of piperidine rings is 1. The van der Waals surface area contributed by atoms with Crippen molar-refractivity contribution < 1.29 is 19.4 Å². The highest BCUT2D eigenvalue weighted by atomic mass is 16.6. The molecule has 1 saturated heterocycles. The van der Waals surface area contributed by atoms with Gasteiger partial charge in [-0.05, 0) is 33.7 Å². The van der Waals surface area contributed by atoms with Gasteiger partial charge < -0.3 is 20.9 Å². The molecular formula is C11H21N3O4. The molecule has 0 saturated carbocycles. The highest BCUT2D eigenvalue weighted by Gasteiger charge is 2.40. The van der Waals surface area contributed by atoms with Crippen LogP contribution in [0.4, 0.5) is 9.59 Å². The predicted molar refractivity (Wildman–Crippen MR) is 65.3 cm³/mol. The summed E-state index contributed by atoms with van der Waals surface area (Å²) in [6.45, 7) is 6.52. The number of carbonyl (C=O) groups excluding carboxylic acids is 1. The van der Waals surface area contributed by atoms with E-state index in [0.29, 0.717) is 19.5 Å². The second kappa shape index (κ2) is 5.43. The first-order valence-corrected chi connectivity index (χ1v) is 5.92. The van der Waals surface area contributed by atoms with Crippen LogP contribution < -0.4 is 11.1 Å². The van der Waals surface area contributed by atoms with E-state index in [2.05, 4.69) is 5.32 Å². The van der Waals surface area contributed by atoms with Gasteiger partial charge in [0, 0.05) is 12.1 Å². The molecule has 1 heterocycles. The summed E-state index contributed by atoms with van der Waals surface area (Å²) in [4.78, 5) is 23.6. The Balaban J connectivity index is 2.92. The quantitative estimate of drug-likeness (QED) is 0.673. The summed E-state index contributed by atoms with van der Waals surface area (Å²) in [5.41, 5.74) is 4.45.